The Morgan fingerprint density at radius 3 is 2.19 bits per heavy atom. The maximum atomic E-state index is 11.8. The molecule has 0 fully saturated rings. The van der Waals surface area contributed by atoms with Gasteiger partial charge in [0.2, 0.25) is 0 Å². The molecule has 0 atom stereocenters. The van der Waals surface area contributed by atoms with Crippen LogP contribution in [0.15, 0.2) is 48.1 Å². The molecule has 0 saturated heterocycles. The maximum Gasteiger partial charge on any atom is 0.187 e. The molecule has 0 saturated carbocycles. The third-order valence-electron chi connectivity index (χ3n) is 2.50. The van der Waals surface area contributed by atoms with E-state index in [1.54, 1.807) is 12.1 Å². The summed E-state index contributed by atoms with van der Waals surface area (Å²) in [7, 11) is 0. The molecule has 0 unspecified atom stereocenters. The predicted octanol–water partition coefficient (Wildman–Crippen LogP) is 1.11. The Morgan fingerprint density at radius 1 is 0.938 bits per heavy atom. The minimum Gasteiger partial charge on any atom is -0.326 e. The van der Waals surface area contributed by atoms with Crippen molar-refractivity contribution in [1.82, 2.24) is 0 Å². The van der Waals surface area contributed by atoms with Crippen molar-refractivity contribution in [2.75, 3.05) is 6.54 Å². The summed E-state index contributed by atoms with van der Waals surface area (Å²) in [6.07, 6.45) is 2.57. The van der Waals surface area contributed by atoms with Crippen molar-refractivity contribution in [1.29, 1.82) is 0 Å². The summed E-state index contributed by atoms with van der Waals surface area (Å²) in [5.74, 6) is -0.341. The fourth-order valence-electron chi connectivity index (χ4n) is 1.73. The number of benzene rings is 1. The fraction of sp³-hybridized carbons (Fsp3) is 0.0769. The van der Waals surface area contributed by atoms with Gasteiger partial charge in [0.15, 0.2) is 11.6 Å². The van der Waals surface area contributed by atoms with Gasteiger partial charge in [-0.15, -0.1) is 0 Å². The lowest BCUT2D eigenvalue weighted by Crippen LogP contribution is -2.20. The van der Waals surface area contributed by atoms with Gasteiger partial charge in [0.1, 0.15) is 0 Å². The molecule has 16 heavy (non-hydrogen) atoms. The van der Waals surface area contributed by atoms with Gasteiger partial charge in [-0.25, -0.2) is 0 Å². The van der Waals surface area contributed by atoms with Crippen LogP contribution in [0, 0.1) is 0 Å². The van der Waals surface area contributed by atoms with E-state index >= 15 is 0 Å². The zero-order valence-corrected chi connectivity index (χ0v) is 8.64. The molecule has 3 heteroatoms. The standard InChI is InChI=1S/C13H11NO2/c14-8-10-11(15)6-7-12(16)13(10)9-4-2-1-3-5-9/h1-7H,8,14H2. The summed E-state index contributed by atoms with van der Waals surface area (Å²) in [5, 5.41) is 0. The van der Waals surface area contributed by atoms with Crippen LogP contribution in [0.4, 0.5) is 0 Å². The molecule has 1 aromatic carbocycles. The summed E-state index contributed by atoms with van der Waals surface area (Å²) in [4.78, 5) is 23.3. The quantitative estimate of drug-likeness (QED) is 0.748. The van der Waals surface area contributed by atoms with Crippen LogP contribution < -0.4 is 5.73 Å². The lowest BCUT2D eigenvalue weighted by atomic mass is 9.90. The molecule has 80 valence electrons. The third-order valence-corrected chi connectivity index (χ3v) is 2.50. The van der Waals surface area contributed by atoms with Crippen LogP contribution in [0.3, 0.4) is 0 Å². The molecular weight excluding hydrogens is 202 g/mol. The molecule has 1 aliphatic rings. The highest BCUT2D eigenvalue weighted by Crippen LogP contribution is 2.23. The van der Waals surface area contributed by atoms with Crippen LogP contribution in [0.5, 0.6) is 0 Å². The highest BCUT2D eigenvalue weighted by molar-refractivity contribution is 6.36. The van der Waals surface area contributed by atoms with Crippen LogP contribution in [0.2, 0.25) is 0 Å². The SMILES string of the molecule is NCC1=C(c2ccccc2)C(=O)C=CC1=O. The van der Waals surface area contributed by atoms with Crippen molar-refractivity contribution in [2.24, 2.45) is 5.73 Å². The zero-order chi connectivity index (χ0) is 11.5. The Kier molecular flexibility index (Phi) is 2.79. The molecule has 1 aliphatic carbocycles. The van der Waals surface area contributed by atoms with Crippen molar-refractivity contribution in [2.45, 2.75) is 0 Å². The number of carbonyl (C=O) groups is 2. The van der Waals surface area contributed by atoms with Crippen molar-refractivity contribution >= 4 is 17.1 Å². The topological polar surface area (TPSA) is 60.2 Å². The van der Waals surface area contributed by atoms with E-state index < -0.39 is 0 Å². The summed E-state index contributed by atoms with van der Waals surface area (Å²) in [6.45, 7) is 0.0825. The van der Waals surface area contributed by atoms with E-state index in [2.05, 4.69) is 0 Å². The van der Waals surface area contributed by atoms with E-state index in [0.29, 0.717) is 11.1 Å². The monoisotopic (exact) mass is 213 g/mol. The molecule has 2 rings (SSSR count). The van der Waals surface area contributed by atoms with Gasteiger partial charge in [-0.2, -0.15) is 0 Å². The van der Waals surface area contributed by atoms with Gasteiger partial charge in [-0.1, -0.05) is 30.3 Å². The van der Waals surface area contributed by atoms with Gasteiger partial charge < -0.3 is 5.73 Å². The molecular formula is C13H11NO2. The number of carbonyl (C=O) groups excluding carboxylic acids is 2. The lowest BCUT2D eigenvalue weighted by Gasteiger charge is -2.13. The third kappa shape index (κ3) is 1.73. The highest BCUT2D eigenvalue weighted by Gasteiger charge is 2.22. The molecule has 1 aromatic rings. The molecule has 0 heterocycles. The van der Waals surface area contributed by atoms with Crippen LogP contribution >= 0.6 is 0 Å². The van der Waals surface area contributed by atoms with Crippen LogP contribution in [0.25, 0.3) is 5.57 Å². The molecule has 0 radical (unpaired) electrons. The van der Waals surface area contributed by atoms with E-state index in [4.69, 9.17) is 5.73 Å². The summed E-state index contributed by atoms with van der Waals surface area (Å²) in [5.41, 5.74) is 7.07. The van der Waals surface area contributed by atoms with Gasteiger partial charge in [-0.3, -0.25) is 9.59 Å². The van der Waals surface area contributed by atoms with Gasteiger partial charge in [0, 0.05) is 17.7 Å². The van der Waals surface area contributed by atoms with Gasteiger partial charge in [-0.05, 0) is 17.7 Å². The Morgan fingerprint density at radius 2 is 1.56 bits per heavy atom. The molecule has 3 nitrogen and oxygen atoms in total. The van der Waals surface area contributed by atoms with Crippen molar-refractivity contribution in [3.05, 3.63) is 53.6 Å². The number of rotatable bonds is 2. The van der Waals surface area contributed by atoms with Crippen LogP contribution in [-0.4, -0.2) is 18.1 Å². The van der Waals surface area contributed by atoms with E-state index in [-0.39, 0.29) is 18.1 Å². The van der Waals surface area contributed by atoms with Crippen molar-refractivity contribution in [3.63, 3.8) is 0 Å². The highest BCUT2D eigenvalue weighted by atomic mass is 16.1. The second-order valence-electron chi connectivity index (χ2n) is 3.49. The minimum atomic E-state index is -0.180. The first-order chi connectivity index (χ1) is 7.74. The summed E-state index contributed by atoms with van der Waals surface area (Å²) < 4.78 is 0. The largest absolute Gasteiger partial charge is 0.326 e. The molecule has 0 aliphatic heterocycles. The molecule has 0 aromatic heterocycles. The fourth-order valence-corrected chi connectivity index (χ4v) is 1.73. The first-order valence-electron chi connectivity index (χ1n) is 4.99. The smallest absolute Gasteiger partial charge is 0.187 e. The Hall–Kier alpha value is -2.00. The predicted molar refractivity (Wildman–Crippen MR) is 61.6 cm³/mol. The second kappa shape index (κ2) is 4.24. The van der Waals surface area contributed by atoms with Gasteiger partial charge in [0.25, 0.3) is 0 Å². The number of hydrogen-bond acceptors (Lipinski definition) is 3. The average molecular weight is 213 g/mol. The van der Waals surface area contributed by atoms with E-state index in [1.165, 1.54) is 12.2 Å². The minimum absolute atomic E-state index is 0.0825. The zero-order valence-electron chi connectivity index (χ0n) is 8.64. The van der Waals surface area contributed by atoms with Gasteiger partial charge in [0.05, 0.1) is 0 Å². The number of ketones is 2. The lowest BCUT2D eigenvalue weighted by molar-refractivity contribution is -0.114. The number of allylic oxidation sites excluding steroid dienone is 3. The number of hydrogen-bond donors (Lipinski definition) is 1. The van der Waals surface area contributed by atoms with E-state index in [9.17, 15) is 9.59 Å². The first kappa shape index (κ1) is 10.5. The Bertz CT molecular complexity index is 498. The molecule has 0 bridgehead atoms. The molecule has 0 spiro atoms. The number of nitrogens with two attached hydrogens (primary N) is 1. The van der Waals surface area contributed by atoms with Gasteiger partial charge >= 0.3 is 0 Å². The second-order valence-corrected chi connectivity index (χ2v) is 3.49. The Balaban J connectivity index is 2.59. The molecule has 2 N–H and O–H groups in total. The maximum absolute atomic E-state index is 11.8. The normalized spacial score (nSPS) is 15.8. The summed E-state index contributed by atoms with van der Waals surface area (Å²) >= 11 is 0. The van der Waals surface area contributed by atoms with E-state index in [0.717, 1.165) is 5.56 Å². The van der Waals surface area contributed by atoms with Crippen LogP contribution in [0.1, 0.15) is 5.56 Å². The summed E-state index contributed by atoms with van der Waals surface area (Å²) in [6, 6.07) is 9.11. The average Bonchev–Trinajstić information content (AvgIpc) is 2.33. The Labute approximate surface area is 93.3 Å². The van der Waals surface area contributed by atoms with Crippen LogP contribution in [-0.2, 0) is 9.59 Å². The first-order valence-corrected chi connectivity index (χ1v) is 4.99. The molecule has 0 amide bonds. The van der Waals surface area contributed by atoms with E-state index in [1.807, 2.05) is 18.2 Å². The van der Waals surface area contributed by atoms with Crippen molar-refractivity contribution < 1.29 is 9.59 Å². The van der Waals surface area contributed by atoms with Crippen molar-refractivity contribution in [3.8, 4) is 0 Å².